The van der Waals surface area contributed by atoms with E-state index in [2.05, 4.69) is 15.2 Å². The highest BCUT2D eigenvalue weighted by Gasteiger charge is 2.40. The van der Waals surface area contributed by atoms with Gasteiger partial charge in [0, 0.05) is 24.0 Å². The second kappa shape index (κ2) is 7.16. The quantitative estimate of drug-likeness (QED) is 0.362. The summed E-state index contributed by atoms with van der Waals surface area (Å²) in [5.41, 5.74) is -1.61. The molecule has 148 valence electrons. The Bertz CT molecular complexity index is 1180. The van der Waals surface area contributed by atoms with Gasteiger partial charge in [0.1, 0.15) is 17.2 Å². The number of aromatic nitrogens is 4. The first-order chi connectivity index (χ1) is 13.8. The van der Waals surface area contributed by atoms with Gasteiger partial charge >= 0.3 is 6.18 Å². The van der Waals surface area contributed by atoms with Crippen molar-refractivity contribution in [3.8, 4) is 28.3 Å². The molecule has 0 aliphatic heterocycles. The van der Waals surface area contributed by atoms with Crippen molar-refractivity contribution in [2.75, 3.05) is 0 Å². The molecule has 0 spiro atoms. The zero-order valence-corrected chi connectivity index (χ0v) is 15.6. The maximum Gasteiger partial charge on any atom is 0.434 e. The molecule has 0 aliphatic carbocycles. The highest BCUT2D eigenvalue weighted by atomic mass is 35.5. The Kier molecular flexibility index (Phi) is 4.79. The van der Waals surface area contributed by atoms with Crippen LogP contribution in [0, 0.1) is 5.82 Å². The Hall–Kier alpha value is -2.91. The number of rotatable bonds is 3. The van der Waals surface area contributed by atoms with Gasteiger partial charge in [-0.3, -0.25) is 4.98 Å². The van der Waals surface area contributed by atoms with Crippen LogP contribution >= 0.6 is 23.2 Å². The molecule has 0 saturated heterocycles. The van der Waals surface area contributed by atoms with Crippen LogP contribution in [0.15, 0.2) is 53.4 Å². The van der Waals surface area contributed by atoms with Crippen molar-refractivity contribution < 1.29 is 22.1 Å². The molecule has 5 nitrogen and oxygen atoms in total. The summed E-state index contributed by atoms with van der Waals surface area (Å²) in [6, 6.07) is 6.23. The van der Waals surface area contributed by atoms with Gasteiger partial charge in [0.05, 0.1) is 21.8 Å². The first kappa shape index (κ1) is 19.4. The van der Waals surface area contributed by atoms with Gasteiger partial charge in [0.15, 0.2) is 11.5 Å². The molecule has 0 atom stereocenters. The maximum absolute atomic E-state index is 14.1. The lowest BCUT2D eigenvalue weighted by Gasteiger charge is -2.12. The van der Waals surface area contributed by atoms with Crippen LogP contribution < -0.4 is 0 Å². The van der Waals surface area contributed by atoms with Crippen molar-refractivity contribution in [3.05, 3.63) is 70.5 Å². The Balaban J connectivity index is 1.87. The first-order valence-corrected chi connectivity index (χ1v) is 8.69. The van der Waals surface area contributed by atoms with Crippen molar-refractivity contribution in [1.29, 1.82) is 0 Å². The number of hydrogen-bond acceptors (Lipinski definition) is 4. The van der Waals surface area contributed by atoms with E-state index in [9.17, 15) is 17.6 Å². The van der Waals surface area contributed by atoms with Gasteiger partial charge in [-0.15, -0.1) is 0 Å². The number of halogens is 6. The first-order valence-electron chi connectivity index (χ1n) is 7.94. The van der Waals surface area contributed by atoms with Crippen molar-refractivity contribution in [2.45, 2.75) is 6.18 Å². The monoisotopic (exact) mass is 442 g/mol. The second-order valence-corrected chi connectivity index (χ2v) is 6.64. The molecule has 0 amide bonds. The van der Waals surface area contributed by atoms with Crippen molar-refractivity contribution in [3.63, 3.8) is 0 Å². The lowest BCUT2D eigenvalue weighted by atomic mass is 10.1. The number of benzene rings is 1. The summed E-state index contributed by atoms with van der Waals surface area (Å²) in [7, 11) is 0. The molecule has 0 saturated carbocycles. The van der Waals surface area contributed by atoms with E-state index >= 15 is 0 Å². The fourth-order valence-corrected chi connectivity index (χ4v) is 3.34. The van der Waals surface area contributed by atoms with Crippen molar-refractivity contribution >= 4 is 23.2 Å². The van der Waals surface area contributed by atoms with E-state index in [1.807, 2.05) is 0 Å². The zero-order chi connectivity index (χ0) is 20.8. The Morgan fingerprint density at radius 3 is 2.34 bits per heavy atom. The zero-order valence-electron chi connectivity index (χ0n) is 14.1. The normalized spacial score (nSPS) is 11.8. The van der Waals surface area contributed by atoms with Crippen LogP contribution in [0.4, 0.5) is 17.6 Å². The second-order valence-electron chi connectivity index (χ2n) is 5.82. The molecule has 3 aromatic heterocycles. The summed E-state index contributed by atoms with van der Waals surface area (Å²) < 4.78 is 61.1. The number of pyridine rings is 1. The van der Waals surface area contributed by atoms with Crippen LogP contribution in [0.1, 0.15) is 5.69 Å². The summed E-state index contributed by atoms with van der Waals surface area (Å²) >= 11 is 12.1. The minimum absolute atomic E-state index is 0.115. The number of hydrogen-bond donors (Lipinski definition) is 0. The van der Waals surface area contributed by atoms with E-state index in [1.165, 1.54) is 36.7 Å². The number of alkyl halides is 3. The SMILES string of the molecule is Fc1ccccc1-n1ncc(-c2cc(-c3c(Cl)cncc3Cl)no2)c1C(F)(F)F. The van der Waals surface area contributed by atoms with Crippen LogP contribution in [-0.2, 0) is 6.18 Å². The van der Waals surface area contributed by atoms with Gasteiger partial charge in [-0.05, 0) is 12.1 Å². The largest absolute Gasteiger partial charge is 0.434 e. The molecule has 29 heavy (non-hydrogen) atoms. The minimum atomic E-state index is -4.85. The third kappa shape index (κ3) is 3.47. The molecule has 0 bridgehead atoms. The van der Waals surface area contributed by atoms with E-state index in [0.717, 1.165) is 12.3 Å². The van der Waals surface area contributed by atoms with E-state index < -0.39 is 23.3 Å². The number of nitrogens with zero attached hydrogens (tertiary/aromatic N) is 4. The van der Waals surface area contributed by atoms with Crippen LogP contribution in [-0.4, -0.2) is 19.9 Å². The molecule has 4 rings (SSSR count). The fraction of sp³-hybridized carbons (Fsp3) is 0.0556. The summed E-state index contributed by atoms with van der Waals surface area (Å²) in [6.45, 7) is 0. The lowest BCUT2D eigenvalue weighted by Crippen LogP contribution is -2.15. The summed E-state index contributed by atoms with van der Waals surface area (Å²) in [5, 5.41) is 7.77. The van der Waals surface area contributed by atoms with E-state index in [4.69, 9.17) is 27.7 Å². The van der Waals surface area contributed by atoms with Crippen molar-refractivity contribution in [2.24, 2.45) is 0 Å². The molecular weight excluding hydrogens is 435 g/mol. The van der Waals surface area contributed by atoms with E-state index in [1.54, 1.807) is 0 Å². The highest BCUT2D eigenvalue weighted by molar-refractivity contribution is 6.38. The van der Waals surface area contributed by atoms with Crippen LogP contribution in [0.3, 0.4) is 0 Å². The third-order valence-electron chi connectivity index (χ3n) is 4.00. The molecule has 11 heteroatoms. The van der Waals surface area contributed by atoms with Gasteiger partial charge < -0.3 is 4.52 Å². The predicted octanol–water partition coefficient (Wildman–Crippen LogP) is 6.05. The van der Waals surface area contributed by atoms with E-state index in [0.29, 0.717) is 4.68 Å². The Morgan fingerprint density at radius 2 is 1.69 bits per heavy atom. The smallest absolute Gasteiger partial charge is 0.356 e. The molecule has 3 heterocycles. The molecule has 0 unspecified atom stereocenters. The molecular formula is C18H8Cl2F4N4O. The van der Waals surface area contributed by atoms with Crippen LogP contribution in [0.25, 0.3) is 28.3 Å². The Morgan fingerprint density at radius 1 is 1.00 bits per heavy atom. The summed E-state index contributed by atoms with van der Waals surface area (Å²) in [4.78, 5) is 3.81. The standard InChI is InChI=1S/C18H8Cl2F4N4O/c19-10-7-25-8-11(20)16(10)13-5-15(29-27-13)9-6-26-28(17(9)18(22,23)24)14-4-2-1-3-12(14)21/h1-8H. The molecule has 0 radical (unpaired) electrons. The van der Waals surface area contributed by atoms with Gasteiger partial charge in [-0.25, -0.2) is 9.07 Å². The van der Waals surface area contributed by atoms with Gasteiger partial charge in [0.25, 0.3) is 0 Å². The van der Waals surface area contributed by atoms with Gasteiger partial charge in [0.2, 0.25) is 0 Å². The summed E-state index contributed by atoms with van der Waals surface area (Å²) in [5.74, 6) is -1.10. The van der Waals surface area contributed by atoms with Gasteiger partial charge in [-0.2, -0.15) is 18.3 Å². The molecule has 0 aliphatic rings. The Labute approximate surface area is 170 Å². The molecule has 0 fully saturated rings. The van der Waals surface area contributed by atoms with Gasteiger partial charge in [-0.1, -0.05) is 40.5 Å². The fourth-order valence-electron chi connectivity index (χ4n) is 2.78. The topological polar surface area (TPSA) is 56.7 Å². The number of para-hydroxylation sites is 1. The van der Waals surface area contributed by atoms with Crippen LogP contribution in [0.2, 0.25) is 10.0 Å². The van der Waals surface area contributed by atoms with Crippen LogP contribution in [0.5, 0.6) is 0 Å². The molecule has 1 aromatic carbocycles. The lowest BCUT2D eigenvalue weighted by molar-refractivity contribution is -0.142. The third-order valence-corrected chi connectivity index (χ3v) is 4.58. The predicted molar refractivity (Wildman–Crippen MR) is 97.3 cm³/mol. The maximum atomic E-state index is 14.1. The highest BCUT2D eigenvalue weighted by Crippen LogP contribution is 2.41. The molecule has 0 N–H and O–H groups in total. The van der Waals surface area contributed by atoms with E-state index in [-0.39, 0.29) is 32.8 Å². The van der Waals surface area contributed by atoms with Crippen molar-refractivity contribution in [1.82, 2.24) is 19.9 Å². The average molecular weight is 443 g/mol. The molecule has 4 aromatic rings. The minimum Gasteiger partial charge on any atom is -0.356 e. The summed E-state index contributed by atoms with van der Waals surface area (Å²) in [6.07, 6.45) is -1.30. The average Bonchev–Trinajstić information content (AvgIpc) is 3.28.